The number of rotatable bonds is 5. The van der Waals surface area contributed by atoms with Gasteiger partial charge < -0.3 is 20.5 Å². The van der Waals surface area contributed by atoms with Crippen LogP contribution in [0.4, 0.5) is 5.69 Å². The average Bonchev–Trinajstić information content (AvgIpc) is 3.37. The lowest BCUT2D eigenvalue weighted by atomic mass is 10.0. The molecule has 1 aromatic heterocycles. The highest BCUT2D eigenvalue weighted by molar-refractivity contribution is 6.35. The molecule has 8 heteroatoms. The van der Waals surface area contributed by atoms with Gasteiger partial charge in [0.2, 0.25) is 0 Å². The highest BCUT2D eigenvalue weighted by atomic mass is 35.5. The number of fused-ring (bicyclic) bond motifs is 1. The van der Waals surface area contributed by atoms with Gasteiger partial charge in [-0.05, 0) is 87.6 Å². The molecule has 7 nitrogen and oxygen atoms in total. The van der Waals surface area contributed by atoms with Crippen molar-refractivity contribution in [2.75, 3.05) is 18.4 Å². The number of nitrogens with one attached hydrogen (secondary N) is 3. The first-order valence-corrected chi connectivity index (χ1v) is 13.3. The third-order valence-corrected chi connectivity index (χ3v) is 7.62. The van der Waals surface area contributed by atoms with Gasteiger partial charge in [0.1, 0.15) is 0 Å². The Hall–Kier alpha value is -3.84. The van der Waals surface area contributed by atoms with Gasteiger partial charge in [0, 0.05) is 46.3 Å². The molecule has 1 saturated heterocycles. The van der Waals surface area contributed by atoms with Crippen LogP contribution in [-0.2, 0) is 4.79 Å². The van der Waals surface area contributed by atoms with Crippen molar-refractivity contribution in [2.45, 2.75) is 46.1 Å². The molecule has 2 aromatic carbocycles. The monoisotopic (exact) mass is 530 g/mol. The van der Waals surface area contributed by atoms with Crippen molar-refractivity contribution in [2.24, 2.45) is 0 Å². The first-order valence-electron chi connectivity index (χ1n) is 12.9. The number of hydrogen-bond donors (Lipinski definition) is 3. The van der Waals surface area contributed by atoms with Crippen molar-refractivity contribution in [3.05, 3.63) is 86.7 Å². The summed E-state index contributed by atoms with van der Waals surface area (Å²) in [6.07, 6.45) is 4.97. The number of carbonyl (C=O) groups excluding carboxylic acids is 3. The van der Waals surface area contributed by atoms with E-state index in [1.807, 2.05) is 43.9 Å². The number of benzene rings is 2. The standard InChI is InChI=1S/C30H31ClN4O3/c1-17-26(32-19(3)27(17)30(38)35-12-5-4-6-13-35)16-24-23-15-21(10-11-25(23)34-29(24)37)28(36)33-18(2)20-8-7-9-22(31)14-20/h7-11,14-16,18,32H,4-6,12-13H2,1-3H3,(H,33,36)(H,34,37)/t18-/m1/s1. The van der Waals surface area contributed by atoms with Crippen LogP contribution in [0.15, 0.2) is 42.5 Å². The van der Waals surface area contributed by atoms with Gasteiger partial charge in [0.05, 0.1) is 17.2 Å². The van der Waals surface area contributed by atoms with Gasteiger partial charge >= 0.3 is 0 Å². The second-order valence-electron chi connectivity index (χ2n) is 10.0. The van der Waals surface area contributed by atoms with Crippen LogP contribution in [0.1, 0.15) is 81.0 Å². The Morgan fingerprint density at radius 1 is 1.08 bits per heavy atom. The van der Waals surface area contributed by atoms with Crippen LogP contribution in [-0.4, -0.2) is 40.7 Å². The zero-order valence-corrected chi connectivity index (χ0v) is 22.5. The number of amides is 3. The highest BCUT2D eigenvalue weighted by Gasteiger charge is 2.28. The van der Waals surface area contributed by atoms with Crippen LogP contribution in [0.25, 0.3) is 11.6 Å². The van der Waals surface area contributed by atoms with Crippen LogP contribution < -0.4 is 10.6 Å². The molecule has 5 rings (SSSR count). The minimum Gasteiger partial charge on any atom is -0.358 e. The lowest BCUT2D eigenvalue weighted by Crippen LogP contribution is -2.36. The summed E-state index contributed by atoms with van der Waals surface area (Å²) in [5.41, 5.74) is 6.06. The number of H-pyrrole nitrogens is 1. The Kier molecular flexibility index (Phi) is 7.13. The minimum atomic E-state index is -0.250. The van der Waals surface area contributed by atoms with Crippen LogP contribution in [0.3, 0.4) is 0 Å². The maximum atomic E-state index is 13.2. The van der Waals surface area contributed by atoms with Gasteiger partial charge in [-0.3, -0.25) is 14.4 Å². The topological polar surface area (TPSA) is 94.3 Å². The van der Waals surface area contributed by atoms with Crippen LogP contribution in [0, 0.1) is 13.8 Å². The molecule has 3 aromatic rings. The molecule has 0 bridgehead atoms. The predicted molar refractivity (Wildman–Crippen MR) is 150 cm³/mol. The summed E-state index contributed by atoms with van der Waals surface area (Å²) in [4.78, 5) is 44.4. The number of aromatic amines is 1. The van der Waals surface area contributed by atoms with E-state index in [2.05, 4.69) is 15.6 Å². The zero-order valence-electron chi connectivity index (χ0n) is 21.8. The Labute approximate surface area is 227 Å². The molecule has 0 spiro atoms. The number of nitrogens with zero attached hydrogens (tertiary/aromatic N) is 1. The van der Waals surface area contributed by atoms with Crippen molar-refractivity contribution in [3.63, 3.8) is 0 Å². The fourth-order valence-electron chi connectivity index (χ4n) is 5.25. The predicted octanol–water partition coefficient (Wildman–Crippen LogP) is 5.89. The molecule has 38 heavy (non-hydrogen) atoms. The molecule has 0 unspecified atom stereocenters. The lowest BCUT2D eigenvalue weighted by molar-refractivity contribution is -0.110. The fraction of sp³-hybridized carbons (Fsp3) is 0.300. The fourth-order valence-corrected chi connectivity index (χ4v) is 5.45. The van der Waals surface area contributed by atoms with Gasteiger partial charge in [-0.1, -0.05) is 23.7 Å². The van der Waals surface area contributed by atoms with E-state index in [-0.39, 0.29) is 23.8 Å². The summed E-state index contributed by atoms with van der Waals surface area (Å²) in [6.45, 7) is 7.23. The lowest BCUT2D eigenvalue weighted by Gasteiger charge is -2.27. The van der Waals surface area contributed by atoms with E-state index >= 15 is 0 Å². The van der Waals surface area contributed by atoms with Gasteiger partial charge in [0.25, 0.3) is 17.7 Å². The smallest absolute Gasteiger partial charge is 0.256 e. The van der Waals surface area contributed by atoms with E-state index in [0.717, 1.165) is 49.2 Å². The van der Waals surface area contributed by atoms with E-state index in [1.165, 1.54) is 0 Å². The first kappa shape index (κ1) is 25.8. The maximum absolute atomic E-state index is 13.2. The Morgan fingerprint density at radius 2 is 1.84 bits per heavy atom. The summed E-state index contributed by atoms with van der Waals surface area (Å²) in [5.74, 6) is -0.467. The van der Waals surface area contributed by atoms with Crippen molar-refractivity contribution in [1.29, 1.82) is 0 Å². The molecular formula is C30H31ClN4O3. The van der Waals surface area contributed by atoms with Gasteiger partial charge in [-0.15, -0.1) is 0 Å². The Bertz CT molecular complexity index is 1470. The van der Waals surface area contributed by atoms with E-state index in [4.69, 9.17) is 11.6 Å². The normalized spacial score (nSPS) is 16.8. The van der Waals surface area contributed by atoms with Crippen molar-refractivity contribution < 1.29 is 14.4 Å². The number of piperidine rings is 1. The number of halogens is 1. The molecule has 1 fully saturated rings. The molecule has 3 amide bonds. The second kappa shape index (κ2) is 10.5. The second-order valence-corrected chi connectivity index (χ2v) is 10.5. The van der Waals surface area contributed by atoms with Crippen molar-refractivity contribution >= 4 is 46.7 Å². The number of carbonyl (C=O) groups is 3. The molecule has 2 aliphatic heterocycles. The minimum absolute atomic E-state index is 0.0321. The van der Waals surface area contributed by atoms with Gasteiger partial charge in [0.15, 0.2) is 0 Å². The molecule has 2 aliphatic rings. The number of anilines is 1. The molecule has 1 atom stereocenters. The molecule has 196 valence electrons. The molecule has 3 heterocycles. The average molecular weight is 531 g/mol. The SMILES string of the molecule is Cc1[nH]c(C=C2C(=O)Nc3ccc(C(=O)N[C@H](C)c4cccc(Cl)c4)cc32)c(C)c1C(=O)N1CCCCC1. The third-order valence-electron chi connectivity index (χ3n) is 7.38. The molecule has 0 aliphatic carbocycles. The van der Waals surface area contributed by atoms with E-state index in [9.17, 15) is 14.4 Å². The zero-order chi connectivity index (χ0) is 27.0. The largest absolute Gasteiger partial charge is 0.358 e. The van der Waals surface area contributed by atoms with Crippen molar-refractivity contribution in [3.8, 4) is 0 Å². The summed E-state index contributed by atoms with van der Waals surface area (Å²) < 4.78 is 0. The van der Waals surface area contributed by atoms with Crippen LogP contribution >= 0.6 is 11.6 Å². The van der Waals surface area contributed by atoms with Crippen molar-refractivity contribution in [1.82, 2.24) is 15.2 Å². The maximum Gasteiger partial charge on any atom is 0.256 e. The summed E-state index contributed by atoms with van der Waals surface area (Å²) >= 11 is 6.10. The van der Waals surface area contributed by atoms with E-state index in [0.29, 0.717) is 38.7 Å². The summed E-state index contributed by atoms with van der Waals surface area (Å²) in [6, 6.07) is 12.3. The molecule has 3 N–H and O–H groups in total. The number of aromatic nitrogens is 1. The molecule has 0 saturated carbocycles. The van der Waals surface area contributed by atoms with Gasteiger partial charge in [-0.25, -0.2) is 0 Å². The Balaban J connectivity index is 1.42. The Morgan fingerprint density at radius 3 is 2.58 bits per heavy atom. The quantitative estimate of drug-likeness (QED) is 0.359. The summed E-state index contributed by atoms with van der Waals surface area (Å²) in [7, 11) is 0. The summed E-state index contributed by atoms with van der Waals surface area (Å²) in [5, 5.41) is 6.49. The van der Waals surface area contributed by atoms with Crippen LogP contribution in [0.5, 0.6) is 0 Å². The first-order chi connectivity index (χ1) is 18.2. The van der Waals surface area contributed by atoms with Gasteiger partial charge in [-0.2, -0.15) is 0 Å². The number of likely N-dealkylation sites (tertiary alicyclic amines) is 1. The van der Waals surface area contributed by atoms with Crippen LogP contribution in [0.2, 0.25) is 5.02 Å². The highest BCUT2D eigenvalue weighted by Crippen LogP contribution is 2.35. The number of hydrogen-bond acceptors (Lipinski definition) is 3. The van der Waals surface area contributed by atoms with E-state index < -0.39 is 0 Å². The molecule has 0 radical (unpaired) electrons. The number of aryl methyl sites for hydroxylation is 1. The third kappa shape index (κ3) is 4.98. The van der Waals surface area contributed by atoms with E-state index in [1.54, 1.807) is 30.3 Å². The molecular weight excluding hydrogens is 500 g/mol.